The van der Waals surface area contributed by atoms with Crippen LogP contribution >= 0.6 is 23.2 Å². The molecule has 1 amide bonds. The highest BCUT2D eigenvalue weighted by molar-refractivity contribution is 6.31. The number of rotatable bonds is 7. The molecule has 2 aromatic rings. The van der Waals surface area contributed by atoms with Crippen LogP contribution in [0, 0.1) is 5.41 Å². The van der Waals surface area contributed by atoms with E-state index in [1.807, 2.05) is 31.2 Å². The fraction of sp³-hybridized carbons (Fsp3) is 0.462. The fourth-order valence-electron chi connectivity index (χ4n) is 3.81. The van der Waals surface area contributed by atoms with Gasteiger partial charge in [0.2, 0.25) is 0 Å². The van der Waals surface area contributed by atoms with Gasteiger partial charge in [-0.15, -0.1) is 0 Å². The minimum Gasteiger partial charge on any atom is -0.466 e. The van der Waals surface area contributed by atoms with Crippen LogP contribution in [-0.2, 0) is 19.1 Å². The Balaban J connectivity index is 2.08. The van der Waals surface area contributed by atoms with Gasteiger partial charge in [-0.3, -0.25) is 9.59 Å². The summed E-state index contributed by atoms with van der Waals surface area (Å²) in [6.45, 7) is 8.96. The Morgan fingerprint density at radius 2 is 1.85 bits per heavy atom. The van der Waals surface area contributed by atoms with Gasteiger partial charge in [0.05, 0.1) is 13.0 Å². The molecule has 0 aromatic heterocycles. The summed E-state index contributed by atoms with van der Waals surface area (Å²) in [7, 11) is 0. The number of halogens is 2. The summed E-state index contributed by atoms with van der Waals surface area (Å²) in [5, 5.41) is 1.03. The van der Waals surface area contributed by atoms with Crippen LogP contribution in [0.4, 0.5) is 5.69 Å². The number of ether oxygens (including phenoxy) is 2. The van der Waals surface area contributed by atoms with Crippen LogP contribution in [0.3, 0.4) is 0 Å². The third-order valence-corrected chi connectivity index (χ3v) is 5.92. The summed E-state index contributed by atoms with van der Waals surface area (Å²) < 4.78 is 11.7. The second kappa shape index (κ2) is 10.9. The van der Waals surface area contributed by atoms with Crippen molar-refractivity contribution in [2.45, 2.75) is 59.2 Å². The van der Waals surface area contributed by atoms with Crippen molar-refractivity contribution in [1.82, 2.24) is 0 Å². The third kappa shape index (κ3) is 6.50. The summed E-state index contributed by atoms with van der Waals surface area (Å²) in [4.78, 5) is 28.0. The lowest BCUT2D eigenvalue weighted by atomic mass is 9.94. The van der Waals surface area contributed by atoms with Crippen LogP contribution in [0.1, 0.15) is 64.2 Å². The molecule has 1 heterocycles. The van der Waals surface area contributed by atoms with E-state index in [1.54, 1.807) is 23.1 Å². The number of anilines is 1. The van der Waals surface area contributed by atoms with Gasteiger partial charge in [-0.1, -0.05) is 75.5 Å². The average Bonchev–Trinajstić information content (AvgIpc) is 2.84. The second-order valence-corrected chi connectivity index (χ2v) is 10.3. The lowest BCUT2D eigenvalue weighted by Gasteiger charge is -2.31. The first-order valence-electron chi connectivity index (χ1n) is 11.3. The molecule has 0 N–H and O–H groups in total. The molecule has 3 rings (SSSR count). The number of carbonyl (C=O) groups is 2. The van der Waals surface area contributed by atoms with Crippen molar-refractivity contribution >= 4 is 40.8 Å². The van der Waals surface area contributed by atoms with Crippen molar-refractivity contribution in [3.8, 4) is 0 Å². The maximum atomic E-state index is 13.7. The number of hydrogen-bond acceptors (Lipinski definition) is 4. The van der Waals surface area contributed by atoms with E-state index in [0.29, 0.717) is 34.4 Å². The van der Waals surface area contributed by atoms with Crippen molar-refractivity contribution in [1.29, 1.82) is 0 Å². The van der Waals surface area contributed by atoms with Gasteiger partial charge < -0.3 is 14.4 Å². The van der Waals surface area contributed by atoms with E-state index in [0.717, 1.165) is 18.4 Å². The molecule has 2 aromatic carbocycles. The molecule has 7 heteroatoms. The van der Waals surface area contributed by atoms with Crippen LogP contribution < -0.4 is 4.90 Å². The first-order valence-corrected chi connectivity index (χ1v) is 12.0. The van der Waals surface area contributed by atoms with Crippen LogP contribution in [0.5, 0.6) is 0 Å². The molecule has 0 saturated heterocycles. The average molecular weight is 492 g/mol. The standard InChI is InChI=1S/C26H31Cl2NO4/c1-5-6-13-32-23(30)15-22-25(31)29(16-26(2,3)4)21-12-11-17(27)14-19(21)24(33-22)18-9-7-8-10-20(18)28/h7-12,14,22,24H,5-6,13,15-16H2,1-4H3/t22-,24-/m1/s1. The zero-order valence-electron chi connectivity index (χ0n) is 19.6. The highest BCUT2D eigenvalue weighted by Crippen LogP contribution is 2.42. The first-order chi connectivity index (χ1) is 15.6. The molecule has 0 saturated carbocycles. The van der Waals surface area contributed by atoms with Crippen molar-refractivity contribution in [3.63, 3.8) is 0 Å². The first kappa shape index (κ1) is 25.5. The molecule has 0 radical (unpaired) electrons. The fourth-order valence-corrected chi connectivity index (χ4v) is 4.23. The molecule has 178 valence electrons. The summed E-state index contributed by atoms with van der Waals surface area (Å²) >= 11 is 12.9. The van der Waals surface area contributed by atoms with Crippen molar-refractivity contribution < 1.29 is 19.1 Å². The number of nitrogens with zero attached hydrogens (tertiary/aromatic N) is 1. The zero-order chi connectivity index (χ0) is 24.2. The second-order valence-electron chi connectivity index (χ2n) is 9.49. The number of fused-ring (bicyclic) bond motifs is 1. The topological polar surface area (TPSA) is 55.8 Å². The number of amides is 1. The number of esters is 1. The molecule has 33 heavy (non-hydrogen) atoms. The maximum Gasteiger partial charge on any atom is 0.308 e. The molecule has 0 aliphatic carbocycles. The van der Waals surface area contributed by atoms with Crippen LogP contribution in [0.15, 0.2) is 42.5 Å². The van der Waals surface area contributed by atoms with Crippen LogP contribution in [0.25, 0.3) is 0 Å². The minimum absolute atomic E-state index is 0.175. The highest BCUT2D eigenvalue weighted by atomic mass is 35.5. The molecular formula is C26H31Cl2NO4. The van der Waals surface area contributed by atoms with E-state index < -0.39 is 18.2 Å². The Morgan fingerprint density at radius 3 is 2.52 bits per heavy atom. The van der Waals surface area contributed by atoms with E-state index in [1.165, 1.54) is 0 Å². The van der Waals surface area contributed by atoms with E-state index in [9.17, 15) is 9.59 Å². The molecule has 2 atom stereocenters. The van der Waals surface area contributed by atoms with E-state index in [4.69, 9.17) is 32.7 Å². The van der Waals surface area contributed by atoms with Gasteiger partial charge in [0.25, 0.3) is 5.91 Å². The largest absolute Gasteiger partial charge is 0.466 e. The predicted octanol–water partition coefficient (Wildman–Crippen LogP) is 6.59. The summed E-state index contributed by atoms with van der Waals surface area (Å²) in [6, 6.07) is 12.7. The number of benzene rings is 2. The van der Waals surface area contributed by atoms with E-state index >= 15 is 0 Å². The van der Waals surface area contributed by atoms with Gasteiger partial charge in [0.15, 0.2) is 0 Å². The zero-order valence-corrected chi connectivity index (χ0v) is 21.1. The highest BCUT2D eigenvalue weighted by Gasteiger charge is 2.39. The maximum absolute atomic E-state index is 13.7. The predicted molar refractivity (Wildman–Crippen MR) is 132 cm³/mol. The van der Waals surface area contributed by atoms with Gasteiger partial charge in [0, 0.05) is 33.4 Å². The van der Waals surface area contributed by atoms with Crippen molar-refractivity contribution in [3.05, 3.63) is 63.6 Å². The monoisotopic (exact) mass is 491 g/mol. The normalized spacial score (nSPS) is 18.6. The van der Waals surface area contributed by atoms with Crippen molar-refractivity contribution in [2.24, 2.45) is 5.41 Å². The Labute approximate surface area is 206 Å². The van der Waals surface area contributed by atoms with Gasteiger partial charge in [0.1, 0.15) is 12.2 Å². The Morgan fingerprint density at radius 1 is 1.12 bits per heavy atom. The molecule has 1 aliphatic heterocycles. The lowest BCUT2D eigenvalue weighted by Crippen LogP contribution is -2.44. The van der Waals surface area contributed by atoms with Crippen LogP contribution in [0.2, 0.25) is 10.0 Å². The summed E-state index contributed by atoms with van der Waals surface area (Å²) in [6.07, 6.45) is -0.182. The Hall–Kier alpha value is -2.08. The van der Waals surface area contributed by atoms with Gasteiger partial charge in [-0.05, 0) is 36.1 Å². The SMILES string of the molecule is CCCCOC(=O)C[C@H]1O[C@H](c2ccccc2Cl)c2cc(Cl)ccc2N(CC(C)(C)C)C1=O. The molecule has 1 aliphatic rings. The number of carbonyl (C=O) groups excluding carboxylic acids is 2. The van der Waals surface area contributed by atoms with Gasteiger partial charge >= 0.3 is 5.97 Å². The summed E-state index contributed by atoms with van der Waals surface area (Å²) in [5.74, 6) is -0.741. The smallest absolute Gasteiger partial charge is 0.308 e. The van der Waals surface area contributed by atoms with E-state index in [2.05, 4.69) is 20.8 Å². The Bertz CT molecular complexity index is 1000. The van der Waals surface area contributed by atoms with Gasteiger partial charge in [-0.2, -0.15) is 0 Å². The molecular weight excluding hydrogens is 461 g/mol. The van der Waals surface area contributed by atoms with Crippen LogP contribution in [-0.4, -0.2) is 31.1 Å². The summed E-state index contributed by atoms with van der Waals surface area (Å²) in [5.41, 5.74) is 1.95. The molecule has 0 bridgehead atoms. The number of unbranched alkanes of at least 4 members (excludes halogenated alkanes) is 1. The number of hydrogen-bond donors (Lipinski definition) is 0. The quantitative estimate of drug-likeness (QED) is 0.323. The van der Waals surface area contributed by atoms with Gasteiger partial charge in [-0.25, -0.2) is 0 Å². The third-order valence-electron chi connectivity index (χ3n) is 5.34. The van der Waals surface area contributed by atoms with Crippen molar-refractivity contribution in [2.75, 3.05) is 18.1 Å². The van der Waals surface area contributed by atoms with E-state index in [-0.39, 0.29) is 17.7 Å². The minimum atomic E-state index is -1.02. The Kier molecular flexibility index (Phi) is 8.43. The molecule has 0 unspecified atom stereocenters. The lowest BCUT2D eigenvalue weighted by molar-refractivity contribution is -0.152. The molecule has 0 fully saturated rings. The molecule has 0 spiro atoms. The molecule has 5 nitrogen and oxygen atoms in total.